The van der Waals surface area contributed by atoms with Crippen LogP contribution in [0.15, 0.2) is 16.8 Å². The van der Waals surface area contributed by atoms with E-state index in [2.05, 4.69) is 9.73 Å². The van der Waals surface area contributed by atoms with E-state index in [9.17, 15) is 22.8 Å². The number of nitrogens with zero attached hydrogens (tertiary/aromatic N) is 1. The second-order valence-electron chi connectivity index (χ2n) is 3.79. The molecule has 0 aromatic rings. The molecule has 0 aliphatic carbocycles. The largest absolute Gasteiger partial charge is 0.469 e. The van der Waals surface area contributed by atoms with Gasteiger partial charge in [-0.1, -0.05) is 0 Å². The number of rotatable bonds is 6. The lowest BCUT2D eigenvalue weighted by Crippen LogP contribution is -2.31. The fraction of sp³-hybridized carbons (Fsp3) is 0.545. The molecule has 0 fully saturated rings. The highest BCUT2D eigenvalue weighted by Crippen LogP contribution is 2.23. The molecule has 0 aliphatic rings. The average molecular weight is 296 g/mol. The second-order valence-corrected chi connectivity index (χ2v) is 3.79. The van der Waals surface area contributed by atoms with Crippen LogP contribution in [0, 0.1) is 0 Å². The van der Waals surface area contributed by atoms with Gasteiger partial charge in [-0.25, -0.2) is 0 Å². The Morgan fingerprint density at radius 1 is 1.45 bits per heavy atom. The molecule has 0 aromatic heterocycles. The maximum Gasteiger partial charge on any atom is 0.433 e. The zero-order chi connectivity index (χ0) is 15.9. The van der Waals surface area contributed by atoms with Crippen molar-refractivity contribution in [1.82, 2.24) is 0 Å². The van der Waals surface area contributed by atoms with Crippen LogP contribution >= 0.6 is 0 Å². The molecular formula is C11H15F3N2O4. The van der Waals surface area contributed by atoms with Crippen molar-refractivity contribution in [3.05, 3.63) is 11.8 Å². The Balaban J connectivity index is 5.37. The van der Waals surface area contributed by atoms with Crippen molar-refractivity contribution in [2.24, 2.45) is 10.7 Å². The standard InChI is InChI=1S/C11H15F3N2O4/c1-6(17)5-16-10(11(12,13)14)7(4-15)8(18)3-9(19)20-2/h4,6,17H,3,5,15H2,1-2H3. The Morgan fingerprint density at radius 3 is 2.35 bits per heavy atom. The van der Waals surface area contributed by atoms with Crippen molar-refractivity contribution in [2.75, 3.05) is 13.7 Å². The first kappa shape index (κ1) is 18.1. The lowest BCUT2D eigenvalue weighted by molar-refractivity contribution is -0.142. The topological polar surface area (TPSA) is 102 Å². The fourth-order valence-corrected chi connectivity index (χ4v) is 1.15. The van der Waals surface area contributed by atoms with E-state index in [1.165, 1.54) is 6.92 Å². The van der Waals surface area contributed by atoms with E-state index in [0.29, 0.717) is 6.20 Å². The Kier molecular flexibility index (Phi) is 6.91. The first-order chi connectivity index (χ1) is 9.13. The molecular weight excluding hydrogens is 281 g/mol. The zero-order valence-electron chi connectivity index (χ0n) is 10.9. The molecule has 0 saturated heterocycles. The quantitative estimate of drug-likeness (QED) is 0.318. The summed E-state index contributed by atoms with van der Waals surface area (Å²) in [6, 6.07) is 0. The van der Waals surface area contributed by atoms with E-state index in [0.717, 1.165) is 7.11 Å². The van der Waals surface area contributed by atoms with Crippen LogP contribution in [0.3, 0.4) is 0 Å². The number of carbonyl (C=O) groups excluding carboxylic acids is 2. The predicted molar refractivity (Wildman–Crippen MR) is 63.9 cm³/mol. The molecule has 0 amide bonds. The molecule has 20 heavy (non-hydrogen) atoms. The summed E-state index contributed by atoms with van der Waals surface area (Å²) in [5.74, 6) is -2.16. The van der Waals surface area contributed by atoms with Gasteiger partial charge in [-0.15, -0.1) is 0 Å². The van der Waals surface area contributed by atoms with Gasteiger partial charge in [0.2, 0.25) is 0 Å². The number of hydrogen-bond acceptors (Lipinski definition) is 6. The average Bonchev–Trinajstić information content (AvgIpc) is 2.31. The van der Waals surface area contributed by atoms with Crippen molar-refractivity contribution in [3.63, 3.8) is 0 Å². The van der Waals surface area contributed by atoms with Crippen LogP contribution in [0.25, 0.3) is 0 Å². The van der Waals surface area contributed by atoms with Crippen molar-refractivity contribution in [1.29, 1.82) is 0 Å². The molecule has 114 valence electrons. The SMILES string of the molecule is COC(=O)CC(=O)C(=CN)C(=NCC(C)O)C(F)(F)F. The Morgan fingerprint density at radius 2 is 2.00 bits per heavy atom. The van der Waals surface area contributed by atoms with Crippen LogP contribution in [0.1, 0.15) is 13.3 Å². The predicted octanol–water partition coefficient (Wildman–Crippen LogP) is 0.345. The third-order valence-corrected chi connectivity index (χ3v) is 2.04. The van der Waals surface area contributed by atoms with Crippen molar-refractivity contribution in [3.8, 4) is 0 Å². The third-order valence-electron chi connectivity index (χ3n) is 2.04. The number of halogens is 3. The number of Topliss-reactive ketones (excluding diaryl/α,β-unsaturated/α-hetero) is 1. The number of aliphatic hydroxyl groups excluding tert-OH is 1. The normalized spacial score (nSPS) is 14.9. The molecule has 1 unspecified atom stereocenters. The lowest BCUT2D eigenvalue weighted by Gasteiger charge is -2.13. The van der Waals surface area contributed by atoms with Crippen LogP contribution in [0.5, 0.6) is 0 Å². The number of aliphatic imine (C=N–C) groups is 1. The van der Waals surface area contributed by atoms with E-state index in [1.807, 2.05) is 0 Å². The van der Waals surface area contributed by atoms with Crippen LogP contribution in [-0.4, -0.2) is 48.5 Å². The smallest absolute Gasteiger partial charge is 0.433 e. The first-order valence-corrected chi connectivity index (χ1v) is 5.45. The van der Waals surface area contributed by atoms with Gasteiger partial charge in [-0.3, -0.25) is 14.6 Å². The maximum atomic E-state index is 12.8. The van der Waals surface area contributed by atoms with Gasteiger partial charge in [-0.2, -0.15) is 13.2 Å². The number of esters is 1. The van der Waals surface area contributed by atoms with Gasteiger partial charge in [0.1, 0.15) is 6.42 Å². The molecule has 0 saturated carbocycles. The monoisotopic (exact) mass is 296 g/mol. The van der Waals surface area contributed by atoms with Crippen LogP contribution in [0.4, 0.5) is 13.2 Å². The van der Waals surface area contributed by atoms with E-state index in [1.54, 1.807) is 0 Å². The van der Waals surface area contributed by atoms with E-state index < -0.39 is 48.3 Å². The summed E-state index contributed by atoms with van der Waals surface area (Å²) in [6.07, 6.45) is -6.52. The maximum absolute atomic E-state index is 12.8. The number of alkyl halides is 3. The summed E-state index contributed by atoms with van der Waals surface area (Å²) in [4.78, 5) is 25.6. The Bertz CT molecular complexity index is 428. The molecule has 0 aromatic carbocycles. The highest BCUT2D eigenvalue weighted by atomic mass is 19.4. The molecule has 0 aliphatic heterocycles. The zero-order valence-corrected chi connectivity index (χ0v) is 10.9. The van der Waals surface area contributed by atoms with Crippen LogP contribution in [0.2, 0.25) is 0 Å². The molecule has 6 nitrogen and oxygen atoms in total. The summed E-state index contributed by atoms with van der Waals surface area (Å²) in [5, 5.41) is 8.96. The van der Waals surface area contributed by atoms with Crippen molar-refractivity contribution in [2.45, 2.75) is 25.6 Å². The number of allylic oxidation sites excluding steroid dienone is 1. The Labute approximate surface area is 113 Å². The van der Waals surface area contributed by atoms with E-state index in [4.69, 9.17) is 10.8 Å². The number of aliphatic hydroxyl groups is 1. The second kappa shape index (κ2) is 7.63. The lowest BCUT2D eigenvalue weighted by atomic mass is 10.0. The number of methoxy groups -OCH3 is 1. The highest BCUT2D eigenvalue weighted by molar-refractivity contribution is 6.26. The summed E-state index contributed by atoms with van der Waals surface area (Å²) >= 11 is 0. The molecule has 1 atom stereocenters. The summed E-state index contributed by atoms with van der Waals surface area (Å²) in [6.45, 7) is 0.678. The minimum atomic E-state index is -4.94. The summed E-state index contributed by atoms with van der Waals surface area (Å²) in [7, 11) is 0.994. The van der Waals surface area contributed by atoms with Gasteiger partial charge in [0, 0.05) is 6.20 Å². The fourth-order valence-electron chi connectivity index (χ4n) is 1.15. The summed E-state index contributed by atoms with van der Waals surface area (Å²) < 4.78 is 42.6. The van der Waals surface area contributed by atoms with E-state index >= 15 is 0 Å². The van der Waals surface area contributed by atoms with Gasteiger partial charge >= 0.3 is 12.1 Å². The molecule has 0 rings (SSSR count). The number of nitrogens with two attached hydrogens (primary N) is 1. The minimum Gasteiger partial charge on any atom is -0.469 e. The van der Waals surface area contributed by atoms with Gasteiger partial charge in [-0.05, 0) is 6.92 Å². The highest BCUT2D eigenvalue weighted by Gasteiger charge is 2.40. The number of ether oxygens (including phenoxy) is 1. The van der Waals surface area contributed by atoms with Gasteiger partial charge in [0.25, 0.3) is 0 Å². The minimum absolute atomic E-state index is 0.430. The van der Waals surface area contributed by atoms with Gasteiger partial charge in [0.05, 0.1) is 25.3 Å². The molecule has 0 radical (unpaired) electrons. The van der Waals surface area contributed by atoms with E-state index in [-0.39, 0.29) is 0 Å². The summed E-state index contributed by atoms with van der Waals surface area (Å²) in [5.41, 5.74) is 2.54. The number of carbonyl (C=O) groups is 2. The van der Waals surface area contributed by atoms with Crippen molar-refractivity contribution < 1.29 is 32.6 Å². The molecule has 0 spiro atoms. The van der Waals surface area contributed by atoms with Gasteiger partial charge < -0.3 is 15.6 Å². The number of hydrogen-bond donors (Lipinski definition) is 2. The molecule has 0 bridgehead atoms. The molecule has 9 heteroatoms. The Hall–Kier alpha value is -1.90. The van der Waals surface area contributed by atoms with Gasteiger partial charge in [0.15, 0.2) is 11.5 Å². The van der Waals surface area contributed by atoms with Crippen LogP contribution < -0.4 is 5.73 Å². The van der Waals surface area contributed by atoms with Crippen LogP contribution in [-0.2, 0) is 14.3 Å². The molecule has 0 heterocycles. The third kappa shape index (κ3) is 5.83. The number of ketones is 1. The molecule has 3 N–H and O–H groups in total. The first-order valence-electron chi connectivity index (χ1n) is 5.45. The van der Waals surface area contributed by atoms with Crippen molar-refractivity contribution >= 4 is 17.5 Å².